The summed E-state index contributed by atoms with van der Waals surface area (Å²) >= 11 is 1.65. The summed E-state index contributed by atoms with van der Waals surface area (Å²) in [4.78, 5) is 23.2. The number of benzene rings is 1. The van der Waals surface area contributed by atoms with Gasteiger partial charge in [0, 0.05) is 42.4 Å². The number of piperidine rings is 1. The van der Waals surface area contributed by atoms with Gasteiger partial charge in [-0.2, -0.15) is 11.3 Å². The van der Waals surface area contributed by atoms with Crippen LogP contribution in [0.15, 0.2) is 41.1 Å². The van der Waals surface area contributed by atoms with E-state index in [-0.39, 0.29) is 11.9 Å². The van der Waals surface area contributed by atoms with Crippen LogP contribution < -0.4 is 10.2 Å². The van der Waals surface area contributed by atoms with Crippen molar-refractivity contribution in [1.82, 2.24) is 15.3 Å². The van der Waals surface area contributed by atoms with E-state index in [4.69, 9.17) is 9.97 Å². The predicted molar refractivity (Wildman–Crippen MR) is 102 cm³/mol. The normalized spacial score (nSPS) is 15.5. The van der Waals surface area contributed by atoms with Gasteiger partial charge in [0.05, 0.1) is 5.52 Å². The fourth-order valence-electron chi connectivity index (χ4n) is 3.34. The highest BCUT2D eigenvalue weighted by Crippen LogP contribution is 2.30. The molecule has 0 saturated carbocycles. The summed E-state index contributed by atoms with van der Waals surface area (Å²) in [7, 11) is 0. The molecular weight excluding hydrogens is 332 g/mol. The molecular formula is C19H20N4OS. The molecule has 0 aliphatic carbocycles. The van der Waals surface area contributed by atoms with Crippen LogP contribution in [0, 0.1) is 0 Å². The molecule has 3 heterocycles. The van der Waals surface area contributed by atoms with Gasteiger partial charge in [-0.1, -0.05) is 12.1 Å². The smallest absolute Gasteiger partial charge is 0.217 e. The van der Waals surface area contributed by atoms with Gasteiger partial charge >= 0.3 is 0 Å². The van der Waals surface area contributed by atoms with Crippen LogP contribution in [0.1, 0.15) is 19.8 Å². The summed E-state index contributed by atoms with van der Waals surface area (Å²) in [5.74, 6) is 1.82. The molecule has 4 rings (SSSR count). The van der Waals surface area contributed by atoms with E-state index < -0.39 is 0 Å². The Hall–Kier alpha value is -2.47. The van der Waals surface area contributed by atoms with Gasteiger partial charge in [0.2, 0.25) is 5.91 Å². The zero-order valence-electron chi connectivity index (χ0n) is 14.1. The van der Waals surface area contributed by atoms with Crippen LogP contribution in [0.5, 0.6) is 0 Å². The fraction of sp³-hybridized carbons (Fsp3) is 0.316. The third kappa shape index (κ3) is 3.35. The highest BCUT2D eigenvalue weighted by Gasteiger charge is 2.23. The summed E-state index contributed by atoms with van der Waals surface area (Å²) in [6.45, 7) is 3.35. The quantitative estimate of drug-likeness (QED) is 0.784. The van der Waals surface area contributed by atoms with Crippen molar-refractivity contribution in [2.45, 2.75) is 25.8 Å². The fourth-order valence-corrected chi connectivity index (χ4v) is 3.98. The average Bonchev–Trinajstić information content (AvgIpc) is 3.16. The van der Waals surface area contributed by atoms with Crippen molar-refractivity contribution >= 4 is 34.0 Å². The van der Waals surface area contributed by atoms with Crippen molar-refractivity contribution in [2.24, 2.45) is 0 Å². The molecule has 1 aliphatic rings. The molecule has 0 radical (unpaired) electrons. The highest BCUT2D eigenvalue weighted by molar-refractivity contribution is 7.08. The van der Waals surface area contributed by atoms with Gasteiger partial charge in [0.15, 0.2) is 5.82 Å². The molecule has 0 atom stereocenters. The largest absolute Gasteiger partial charge is 0.356 e. The summed E-state index contributed by atoms with van der Waals surface area (Å²) in [5, 5.41) is 8.24. The second-order valence-electron chi connectivity index (χ2n) is 6.36. The van der Waals surface area contributed by atoms with Crippen molar-refractivity contribution in [2.75, 3.05) is 18.0 Å². The van der Waals surface area contributed by atoms with Gasteiger partial charge in [-0.05, 0) is 36.4 Å². The number of para-hydroxylation sites is 1. The van der Waals surface area contributed by atoms with Crippen molar-refractivity contribution in [3.63, 3.8) is 0 Å². The molecule has 0 bridgehead atoms. The monoisotopic (exact) mass is 352 g/mol. The first kappa shape index (κ1) is 16.0. The Morgan fingerprint density at radius 2 is 2.00 bits per heavy atom. The van der Waals surface area contributed by atoms with Gasteiger partial charge in [-0.15, -0.1) is 0 Å². The minimum absolute atomic E-state index is 0.0469. The molecule has 1 N–H and O–H groups in total. The van der Waals surface area contributed by atoms with E-state index in [9.17, 15) is 4.79 Å². The maximum atomic E-state index is 11.3. The van der Waals surface area contributed by atoms with E-state index in [0.29, 0.717) is 0 Å². The zero-order chi connectivity index (χ0) is 17.2. The molecule has 3 aromatic rings. The average molecular weight is 352 g/mol. The van der Waals surface area contributed by atoms with Crippen molar-refractivity contribution in [1.29, 1.82) is 0 Å². The van der Waals surface area contributed by atoms with Gasteiger partial charge in [0.1, 0.15) is 5.82 Å². The first-order valence-electron chi connectivity index (χ1n) is 8.52. The molecule has 5 nitrogen and oxygen atoms in total. The van der Waals surface area contributed by atoms with Crippen LogP contribution in [0.3, 0.4) is 0 Å². The number of rotatable bonds is 3. The molecule has 1 aromatic carbocycles. The Bertz CT molecular complexity index is 886. The molecule has 0 spiro atoms. The maximum absolute atomic E-state index is 11.3. The number of anilines is 1. The minimum atomic E-state index is 0.0469. The van der Waals surface area contributed by atoms with Crippen LogP contribution in [-0.4, -0.2) is 35.0 Å². The Morgan fingerprint density at radius 1 is 1.20 bits per heavy atom. The standard InChI is InChI=1S/C19H20N4OS/c1-13(24)20-15-6-9-23(10-7-15)19-16-4-2-3-5-17(16)21-18(22-19)14-8-11-25-12-14/h2-5,8,11-12,15H,6-7,9-10H2,1H3,(H,20,24). The van der Waals surface area contributed by atoms with E-state index in [1.165, 1.54) is 0 Å². The molecule has 1 fully saturated rings. The Morgan fingerprint density at radius 3 is 2.72 bits per heavy atom. The number of aromatic nitrogens is 2. The summed E-state index contributed by atoms with van der Waals surface area (Å²) in [5.41, 5.74) is 2.03. The summed E-state index contributed by atoms with van der Waals surface area (Å²) in [6, 6.07) is 10.5. The van der Waals surface area contributed by atoms with E-state index in [1.807, 2.05) is 23.6 Å². The third-order valence-corrected chi connectivity index (χ3v) is 5.25. The number of hydrogen-bond acceptors (Lipinski definition) is 5. The van der Waals surface area contributed by atoms with Gasteiger partial charge in [-0.3, -0.25) is 4.79 Å². The molecule has 1 aliphatic heterocycles. The van der Waals surface area contributed by atoms with Crippen LogP contribution in [0.4, 0.5) is 5.82 Å². The second-order valence-corrected chi connectivity index (χ2v) is 7.14. The van der Waals surface area contributed by atoms with Crippen LogP contribution in [-0.2, 0) is 4.79 Å². The lowest BCUT2D eigenvalue weighted by Crippen LogP contribution is -2.44. The number of fused-ring (bicyclic) bond motifs is 1. The molecule has 0 unspecified atom stereocenters. The number of carbonyl (C=O) groups is 1. The van der Waals surface area contributed by atoms with Crippen molar-refractivity contribution in [3.05, 3.63) is 41.1 Å². The second kappa shape index (κ2) is 6.80. The molecule has 25 heavy (non-hydrogen) atoms. The van der Waals surface area contributed by atoms with Crippen molar-refractivity contribution < 1.29 is 4.79 Å². The minimum Gasteiger partial charge on any atom is -0.356 e. The summed E-state index contributed by atoms with van der Waals surface area (Å²) < 4.78 is 0. The highest BCUT2D eigenvalue weighted by atomic mass is 32.1. The van der Waals surface area contributed by atoms with E-state index in [1.54, 1.807) is 18.3 Å². The Labute approximate surface area is 150 Å². The lowest BCUT2D eigenvalue weighted by atomic mass is 10.0. The number of amides is 1. The van der Waals surface area contributed by atoms with Crippen molar-refractivity contribution in [3.8, 4) is 11.4 Å². The first-order chi connectivity index (χ1) is 12.2. The SMILES string of the molecule is CC(=O)NC1CCN(c2nc(-c3ccsc3)nc3ccccc23)CC1. The first-order valence-corrected chi connectivity index (χ1v) is 9.46. The predicted octanol–water partition coefficient (Wildman–Crippen LogP) is 3.46. The summed E-state index contributed by atoms with van der Waals surface area (Å²) in [6.07, 6.45) is 1.87. The third-order valence-electron chi connectivity index (χ3n) is 4.56. The number of hydrogen-bond donors (Lipinski definition) is 1. The lowest BCUT2D eigenvalue weighted by molar-refractivity contribution is -0.119. The number of carbonyl (C=O) groups excluding carboxylic acids is 1. The Balaban J connectivity index is 1.68. The van der Waals surface area contributed by atoms with Gasteiger partial charge in [0.25, 0.3) is 0 Å². The van der Waals surface area contributed by atoms with Crippen LogP contribution >= 0.6 is 11.3 Å². The van der Waals surface area contributed by atoms with E-state index in [0.717, 1.165) is 54.0 Å². The lowest BCUT2D eigenvalue weighted by Gasteiger charge is -2.33. The molecule has 6 heteroatoms. The number of thiophene rings is 1. The maximum Gasteiger partial charge on any atom is 0.217 e. The van der Waals surface area contributed by atoms with Crippen LogP contribution in [0.2, 0.25) is 0 Å². The van der Waals surface area contributed by atoms with E-state index >= 15 is 0 Å². The topological polar surface area (TPSA) is 58.1 Å². The number of nitrogens with zero attached hydrogens (tertiary/aromatic N) is 3. The Kier molecular flexibility index (Phi) is 4.36. The van der Waals surface area contributed by atoms with Gasteiger partial charge < -0.3 is 10.2 Å². The van der Waals surface area contributed by atoms with E-state index in [2.05, 4.69) is 27.7 Å². The molecule has 1 saturated heterocycles. The molecule has 1 amide bonds. The van der Waals surface area contributed by atoms with Gasteiger partial charge in [-0.25, -0.2) is 9.97 Å². The number of nitrogens with one attached hydrogen (secondary N) is 1. The zero-order valence-corrected chi connectivity index (χ0v) is 14.9. The van der Waals surface area contributed by atoms with Crippen LogP contribution in [0.25, 0.3) is 22.3 Å². The molecule has 128 valence electrons. The molecule has 2 aromatic heterocycles.